The Hall–Kier alpha value is -0.520. The molecule has 0 heterocycles. The number of rotatable bonds is 4. The molecular weight excluding hydrogens is 108 g/mol. The lowest BCUT2D eigenvalue weighted by molar-refractivity contribution is 0.528. The van der Waals surface area contributed by atoms with Crippen LogP contribution in [0.3, 0.4) is 0 Å². The maximum atomic E-state index is 3.73. The molecule has 50 valence electrons. The molecule has 1 fully saturated rings. The van der Waals surface area contributed by atoms with Crippen molar-refractivity contribution >= 4 is 0 Å². The Bertz CT molecular complexity index is 106. The van der Waals surface area contributed by atoms with Gasteiger partial charge in [0.2, 0.25) is 0 Å². The predicted molar refractivity (Wildman–Crippen MR) is 41.3 cm³/mol. The van der Waals surface area contributed by atoms with Crippen LogP contribution in [0.15, 0.2) is 25.3 Å². The Morgan fingerprint density at radius 1 is 1.11 bits per heavy atom. The third kappa shape index (κ3) is 1.44. The van der Waals surface area contributed by atoms with Crippen molar-refractivity contribution in [3.8, 4) is 0 Å². The number of hydrogen-bond donors (Lipinski definition) is 0. The van der Waals surface area contributed by atoms with E-state index in [9.17, 15) is 0 Å². The fraction of sp³-hybridized carbons (Fsp3) is 0.556. The van der Waals surface area contributed by atoms with Gasteiger partial charge in [0.25, 0.3) is 0 Å². The second-order valence-corrected chi connectivity index (χ2v) is 2.99. The van der Waals surface area contributed by atoms with Gasteiger partial charge in [-0.15, -0.1) is 13.2 Å². The molecule has 0 aromatic rings. The summed E-state index contributed by atoms with van der Waals surface area (Å²) in [4.78, 5) is 0. The number of hydrogen-bond acceptors (Lipinski definition) is 0. The van der Waals surface area contributed by atoms with Crippen LogP contribution in [-0.4, -0.2) is 0 Å². The Balaban J connectivity index is 2.32. The second kappa shape index (κ2) is 2.38. The summed E-state index contributed by atoms with van der Waals surface area (Å²) >= 11 is 0. The lowest BCUT2D eigenvalue weighted by Gasteiger charge is -2.06. The molecule has 0 aromatic carbocycles. The molecule has 0 atom stereocenters. The minimum absolute atomic E-state index is 0.615. The summed E-state index contributed by atoms with van der Waals surface area (Å²) in [7, 11) is 0. The van der Waals surface area contributed by atoms with E-state index in [0.29, 0.717) is 5.41 Å². The van der Waals surface area contributed by atoms with Crippen LogP contribution in [-0.2, 0) is 0 Å². The molecule has 0 aliphatic heterocycles. The molecule has 0 aromatic heterocycles. The Kier molecular flexibility index (Phi) is 1.75. The van der Waals surface area contributed by atoms with E-state index in [1.807, 2.05) is 12.2 Å². The predicted octanol–water partition coefficient (Wildman–Crippen LogP) is 2.92. The minimum atomic E-state index is 0.615. The van der Waals surface area contributed by atoms with E-state index in [0.717, 1.165) is 0 Å². The molecule has 0 bridgehead atoms. The molecule has 1 aliphatic carbocycles. The van der Waals surface area contributed by atoms with Gasteiger partial charge in [-0.3, -0.25) is 0 Å². The molecule has 0 spiro atoms. The van der Waals surface area contributed by atoms with E-state index < -0.39 is 0 Å². The summed E-state index contributed by atoms with van der Waals surface area (Å²) in [5.74, 6) is 0. The molecule has 1 rings (SSSR count). The van der Waals surface area contributed by atoms with Crippen molar-refractivity contribution in [3.63, 3.8) is 0 Å². The van der Waals surface area contributed by atoms with E-state index in [1.165, 1.54) is 25.7 Å². The molecule has 0 radical (unpaired) electrons. The Morgan fingerprint density at radius 3 is 1.78 bits per heavy atom. The average Bonchev–Trinajstić information content (AvgIpc) is 2.51. The molecule has 9 heavy (non-hydrogen) atoms. The first-order valence-corrected chi connectivity index (χ1v) is 3.55. The van der Waals surface area contributed by atoms with Crippen LogP contribution >= 0.6 is 0 Å². The van der Waals surface area contributed by atoms with Crippen LogP contribution in [0.5, 0.6) is 0 Å². The minimum Gasteiger partial charge on any atom is -0.103 e. The van der Waals surface area contributed by atoms with E-state index in [2.05, 4.69) is 13.2 Å². The molecule has 1 aliphatic rings. The first-order valence-electron chi connectivity index (χ1n) is 3.55. The summed E-state index contributed by atoms with van der Waals surface area (Å²) in [5.41, 5.74) is 0.615. The van der Waals surface area contributed by atoms with Gasteiger partial charge in [0.15, 0.2) is 0 Å². The van der Waals surface area contributed by atoms with Gasteiger partial charge in [-0.2, -0.15) is 0 Å². The van der Waals surface area contributed by atoms with Crippen LogP contribution in [0.2, 0.25) is 0 Å². The van der Waals surface area contributed by atoms with Gasteiger partial charge in [-0.05, 0) is 31.1 Å². The average molecular weight is 122 g/mol. The van der Waals surface area contributed by atoms with Crippen LogP contribution in [0, 0.1) is 5.41 Å². The highest BCUT2D eigenvalue weighted by Crippen LogP contribution is 2.52. The smallest absolute Gasteiger partial charge is 0.0228 e. The molecule has 1 saturated carbocycles. The van der Waals surface area contributed by atoms with E-state index in [-0.39, 0.29) is 0 Å². The van der Waals surface area contributed by atoms with Crippen molar-refractivity contribution in [1.82, 2.24) is 0 Å². The molecule has 0 unspecified atom stereocenters. The van der Waals surface area contributed by atoms with Gasteiger partial charge >= 0.3 is 0 Å². The third-order valence-electron chi connectivity index (χ3n) is 2.11. The highest BCUT2D eigenvalue weighted by Gasteiger charge is 2.39. The van der Waals surface area contributed by atoms with Gasteiger partial charge in [0, 0.05) is 0 Å². The molecule has 0 nitrogen and oxygen atoms in total. The second-order valence-electron chi connectivity index (χ2n) is 2.99. The van der Waals surface area contributed by atoms with Crippen LogP contribution in [0.1, 0.15) is 25.7 Å². The zero-order valence-electron chi connectivity index (χ0n) is 5.90. The highest BCUT2D eigenvalue weighted by molar-refractivity contribution is 5.00. The molecule has 0 saturated heterocycles. The summed E-state index contributed by atoms with van der Waals surface area (Å²) in [5, 5.41) is 0. The maximum Gasteiger partial charge on any atom is -0.0228 e. The van der Waals surface area contributed by atoms with E-state index >= 15 is 0 Å². The van der Waals surface area contributed by atoms with Crippen molar-refractivity contribution in [3.05, 3.63) is 25.3 Å². The van der Waals surface area contributed by atoms with Crippen LogP contribution in [0.25, 0.3) is 0 Å². The fourth-order valence-corrected chi connectivity index (χ4v) is 1.28. The Morgan fingerprint density at radius 2 is 1.56 bits per heavy atom. The maximum absolute atomic E-state index is 3.73. The zero-order chi connectivity index (χ0) is 6.74. The zero-order valence-corrected chi connectivity index (χ0v) is 5.90. The lowest BCUT2D eigenvalue weighted by atomic mass is 9.99. The van der Waals surface area contributed by atoms with Gasteiger partial charge in [-0.1, -0.05) is 12.2 Å². The topological polar surface area (TPSA) is 0 Å². The summed E-state index contributed by atoms with van der Waals surface area (Å²) in [6, 6.07) is 0. The Labute approximate surface area is 57.3 Å². The quantitative estimate of drug-likeness (QED) is 0.503. The standard InChI is InChI=1S/C9H14/c1-3-5-9(6-4-2)7-8-9/h3-4H,1-2,5-8H2. The van der Waals surface area contributed by atoms with Gasteiger partial charge < -0.3 is 0 Å². The molecule has 0 amide bonds. The van der Waals surface area contributed by atoms with Gasteiger partial charge in [0.1, 0.15) is 0 Å². The van der Waals surface area contributed by atoms with Crippen molar-refractivity contribution in [2.75, 3.05) is 0 Å². The number of allylic oxidation sites excluding steroid dienone is 2. The normalized spacial score (nSPS) is 20.9. The monoisotopic (exact) mass is 122 g/mol. The summed E-state index contributed by atoms with van der Waals surface area (Å²) in [6.45, 7) is 7.47. The fourth-order valence-electron chi connectivity index (χ4n) is 1.28. The van der Waals surface area contributed by atoms with E-state index in [4.69, 9.17) is 0 Å². The van der Waals surface area contributed by atoms with Crippen LogP contribution in [0.4, 0.5) is 0 Å². The van der Waals surface area contributed by atoms with Crippen molar-refractivity contribution in [2.24, 2.45) is 5.41 Å². The molecule has 0 N–H and O–H groups in total. The summed E-state index contributed by atoms with van der Waals surface area (Å²) in [6.07, 6.45) is 9.17. The first kappa shape index (κ1) is 6.60. The molecular formula is C9H14. The first-order chi connectivity index (χ1) is 4.33. The van der Waals surface area contributed by atoms with Crippen molar-refractivity contribution < 1.29 is 0 Å². The van der Waals surface area contributed by atoms with Gasteiger partial charge in [-0.25, -0.2) is 0 Å². The SMILES string of the molecule is C=CCC1(CC=C)CC1. The summed E-state index contributed by atoms with van der Waals surface area (Å²) < 4.78 is 0. The molecule has 0 heteroatoms. The third-order valence-corrected chi connectivity index (χ3v) is 2.11. The van der Waals surface area contributed by atoms with E-state index in [1.54, 1.807) is 0 Å². The van der Waals surface area contributed by atoms with Crippen molar-refractivity contribution in [1.29, 1.82) is 0 Å². The van der Waals surface area contributed by atoms with Gasteiger partial charge in [0.05, 0.1) is 0 Å². The highest BCUT2D eigenvalue weighted by atomic mass is 14.4. The van der Waals surface area contributed by atoms with Crippen LogP contribution < -0.4 is 0 Å². The lowest BCUT2D eigenvalue weighted by Crippen LogP contribution is -1.94. The largest absolute Gasteiger partial charge is 0.103 e. The van der Waals surface area contributed by atoms with Crippen molar-refractivity contribution in [2.45, 2.75) is 25.7 Å².